The molecule has 2 heterocycles. The lowest BCUT2D eigenvalue weighted by Gasteiger charge is -2.43. The van der Waals surface area contributed by atoms with Gasteiger partial charge in [-0.2, -0.15) is 4.37 Å². The Labute approximate surface area is 463 Å². The van der Waals surface area contributed by atoms with Gasteiger partial charge in [0.15, 0.2) is 5.56 Å². The Bertz CT molecular complexity index is 1450. The van der Waals surface area contributed by atoms with Crippen LogP contribution in [0.3, 0.4) is 0 Å². The summed E-state index contributed by atoms with van der Waals surface area (Å²) in [4.78, 5) is 25.4. The molecule has 2 fully saturated rings. The van der Waals surface area contributed by atoms with Crippen LogP contribution in [0.5, 0.6) is 5.88 Å². The van der Waals surface area contributed by atoms with Gasteiger partial charge >= 0.3 is 11.9 Å². The number of halogens is 2. The zero-order chi connectivity index (χ0) is 50.2. The van der Waals surface area contributed by atoms with Gasteiger partial charge in [-0.25, -0.2) is 0 Å². The van der Waals surface area contributed by atoms with Crippen LogP contribution in [-0.4, -0.2) is 63.7 Å². The molecule has 1 aliphatic heterocycles. The number of unbranched alkanes of at least 4 members (excludes halogenated alkanes) is 27. The highest BCUT2D eigenvalue weighted by molar-refractivity contribution is 6.99. The van der Waals surface area contributed by atoms with Crippen molar-refractivity contribution in [2.45, 2.75) is 309 Å². The van der Waals surface area contributed by atoms with E-state index in [0.717, 1.165) is 113 Å². The molecule has 71 heavy (non-hydrogen) atoms. The van der Waals surface area contributed by atoms with E-state index in [-0.39, 0.29) is 54.0 Å². The maximum Gasteiger partial charge on any atom is 0.313 e. The summed E-state index contributed by atoms with van der Waals surface area (Å²) >= 11 is 7.43. The van der Waals surface area contributed by atoms with Crippen LogP contribution in [0.1, 0.15) is 303 Å². The van der Waals surface area contributed by atoms with E-state index in [2.05, 4.69) is 42.6 Å². The quantitative estimate of drug-likeness (QED) is 0.0213. The number of carbonyl (C=O) groups is 2. The molecule has 3 unspecified atom stereocenters. The van der Waals surface area contributed by atoms with Crippen LogP contribution in [0, 0.1) is 11.8 Å². The third-order valence-electron chi connectivity index (χ3n) is 15.7. The van der Waals surface area contributed by atoms with E-state index in [1.165, 1.54) is 204 Å². The molecule has 0 aromatic carbocycles. The first-order valence-corrected chi connectivity index (χ1v) is 31.5. The van der Waals surface area contributed by atoms with Crippen molar-refractivity contribution < 1.29 is 52.3 Å². The van der Waals surface area contributed by atoms with E-state index in [0.29, 0.717) is 12.5 Å². The number of ether oxygens (including phenoxy) is 3. The molecule has 0 saturated heterocycles. The normalized spacial score (nSPS) is 18.4. The molecule has 1 aromatic rings. The molecule has 8 nitrogen and oxygen atoms in total. The minimum absolute atomic E-state index is 0. The molecule has 2 aliphatic carbocycles. The maximum atomic E-state index is 13.4. The first-order chi connectivity index (χ1) is 34.3. The number of quaternary nitrogens is 1. The van der Waals surface area contributed by atoms with Gasteiger partial charge in [0, 0.05) is 18.4 Å². The predicted molar refractivity (Wildman–Crippen MR) is 297 cm³/mol. The molecule has 11 heteroatoms. The Morgan fingerprint density at radius 2 is 0.986 bits per heavy atom. The molecule has 0 spiro atoms. The highest BCUT2D eigenvalue weighted by Crippen LogP contribution is 2.35. The Morgan fingerprint density at radius 3 is 1.45 bits per heavy atom. The number of rotatable bonds is 40. The first-order valence-electron chi connectivity index (χ1n) is 30.3. The standard InChI is InChI=1S/C37H66N3O3S.C23H43ClO2.HI/c1-4-6-8-10-11-12-13-14-15-16-17-18-22-28-34(43-37(41)32-25-20-19-21-26-32)40(3)29-24-27-33(31-40)35-36(39-44-38-35)42-30-23-9-7-5-2;1-2-3-4-5-6-7-8-9-10-11-12-13-17-20-22(24)26-23(25)21-18-15-14-16-19-21;/h27,32,34H,4-26,28-31H2,1-3H3;21-22H,2-20H2,1H3;1H/q+1;;/p-1. The van der Waals surface area contributed by atoms with Crippen molar-refractivity contribution in [2.24, 2.45) is 11.8 Å². The van der Waals surface area contributed by atoms with Crippen LogP contribution >= 0.6 is 23.3 Å². The Hall–Kier alpha value is -0.980. The first kappa shape index (κ1) is 66.1. The van der Waals surface area contributed by atoms with Gasteiger partial charge in [-0.3, -0.25) is 14.1 Å². The van der Waals surface area contributed by atoms with Crippen molar-refractivity contribution >= 4 is 40.8 Å². The van der Waals surface area contributed by atoms with Crippen LogP contribution in [-0.2, 0) is 19.1 Å². The lowest BCUT2D eigenvalue weighted by Crippen LogP contribution is -3.00. The minimum Gasteiger partial charge on any atom is -1.00 e. The number of alkyl halides is 1. The van der Waals surface area contributed by atoms with E-state index in [4.69, 9.17) is 25.8 Å². The molecule has 1 aromatic heterocycles. The molecule has 0 amide bonds. The molecule has 4 rings (SSSR count). The molecule has 2 saturated carbocycles. The molecular formula is C60H109ClIN3O5S. The largest absolute Gasteiger partial charge is 1.00 e. The van der Waals surface area contributed by atoms with Gasteiger partial charge in [0.1, 0.15) is 12.2 Å². The molecule has 0 radical (unpaired) electrons. The van der Waals surface area contributed by atoms with Gasteiger partial charge in [-0.1, -0.05) is 250 Å². The summed E-state index contributed by atoms with van der Waals surface area (Å²) in [5, 5.41) is 0. The zero-order valence-electron chi connectivity index (χ0n) is 46.5. The van der Waals surface area contributed by atoms with Crippen LogP contribution in [0.25, 0.3) is 5.57 Å². The number of hydrogen-bond donors (Lipinski definition) is 0. The van der Waals surface area contributed by atoms with Gasteiger partial charge < -0.3 is 38.2 Å². The molecule has 0 N–H and O–H groups in total. The highest BCUT2D eigenvalue weighted by Gasteiger charge is 2.40. The van der Waals surface area contributed by atoms with Crippen LogP contribution < -0.4 is 28.7 Å². The molecule has 3 aliphatic rings. The summed E-state index contributed by atoms with van der Waals surface area (Å²) in [6.45, 7) is 9.27. The second-order valence-electron chi connectivity index (χ2n) is 22.2. The van der Waals surface area contributed by atoms with Crippen molar-refractivity contribution in [3.63, 3.8) is 0 Å². The fraction of sp³-hybridized carbons (Fsp3) is 0.900. The van der Waals surface area contributed by atoms with Gasteiger partial charge in [-0.05, 0) is 51.4 Å². The molecular weight excluding hydrogens is 1040 g/mol. The number of esters is 2. The predicted octanol–water partition coefficient (Wildman–Crippen LogP) is 15.8. The summed E-state index contributed by atoms with van der Waals surface area (Å²) in [5.74, 6) is 0.862. The summed E-state index contributed by atoms with van der Waals surface area (Å²) in [6.07, 6.45) is 55.7. The SMILES string of the molecule is CCCCCCCCCCCCCCCC(Cl)OC(=O)C1CCCCC1.CCCCCCCCCCCCCCCC(OC(=O)C1CCCCC1)[N+]1(C)CCC=C(c2nsnc2OCCCCCC)C1.[I-]. The third-order valence-corrected chi connectivity index (χ3v) is 16.5. The topological polar surface area (TPSA) is 87.6 Å². The van der Waals surface area contributed by atoms with E-state index in [1.807, 2.05) is 0 Å². The zero-order valence-corrected chi connectivity index (χ0v) is 50.2. The number of nitrogens with zero attached hydrogens (tertiary/aromatic N) is 3. The number of likely N-dealkylation sites (N-methyl/N-ethyl adjacent to an activating group) is 1. The monoisotopic (exact) mass is 1150 g/mol. The average molecular weight is 1150 g/mol. The Balaban J connectivity index is 0.000000548. The number of carbonyl (C=O) groups excluding carboxylic acids is 2. The summed E-state index contributed by atoms with van der Waals surface area (Å²) in [5.41, 5.74) is 1.67. The van der Waals surface area contributed by atoms with E-state index >= 15 is 0 Å². The lowest BCUT2D eigenvalue weighted by atomic mass is 9.89. The maximum absolute atomic E-state index is 13.4. The minimum atomic E-state index is -0.419. The van der Waals surface area contributed by atoms with Crippen LogP contribution in [0.4, 0.5) is 0 Å². The fourth-order valence-electron chi connectivity index (χ4n) is 11.0. The van der Waals surface area contributed by atoms with Crippen LogP contribution in [0.2, 0.25) is 0 Å². The van der Waals surface area contributed by atoms with Crippen molar-refractivity contribution in [2.75, 3.05) is 26.7 Å². The van der Waals surface area contributed by atoms with Crippen molar-refractivity contribution in [3.05, 3.63) is 11.8 Å². The fourth-order valence-corrected chi connectivity index (χ4v) is 11.8. The van der Waals surface area contributed by atoms with Gasteiger partial charge in [-0.15, -0.1) is 4.37 Å². The smallest absolute Gasteiger partial charge is 0.313 e. The lowest BCUT2D eigenvalue weighted by molar-refractivity contribution is -0.947. The van der Waals surface area contributed by atoms with E-state index in [1.54, 1.807) is 0 Å². The second-order valence-corrected chi connectivity index (χ2v) is 23.2. The van der Waals surface area contributed by atoms with E-state index < -0.39 is 5.56 Å². The highest BCUT2D eigenvalue weighted by atomic mass is 127. The van der Waals surface area contributed by atoms with Crippen molar-refractivity contribution in [1.82, 2.24) is 8.75 Å². The van der Waals surface area contributed by atoms with Gasteiger partial charge in [0.25, 0.3) is 5.88 Å². The second kappa shape index (κ2) is 44.2. The summed E-state index contributed by atoms with van der Waals surface area (Å²) in [7, 11) is 2.29. The van der Waals surface area contributed by atoms with Crippen molar-refractivity contribution in [1.29, 1.82) is 0 Å². The Kier molecular flexibility index (Phi) is 41.1. The third kappa shape index (κ3) is 31.0. The summed E-state index contributed by atoms with van der Waals surface area (Å²) < 4.78 is 27.9. The number of aromatic nitrogens is 2. The van der Waals surface area contributed by atoms with Gasteiger partial charge in [0.2, 0.25) is 6.23 Å². The molecule has 3 atom stereocenters. The molecule has 0 bridgehead atoms. The van der Waals surface area contributed by atoms with E-state index in [9.17, 15) is 9.59 Å². The van der Waals surface area contributed by atoms with Gasteiger partial charge in [0.05, 0.1) is 43.8 Å². The van der Waals surface area contributed by atoms with Crippen LogP contribution in [0.15, 0.2) is 6.08 Å². The van der Waals surface area contributed by atoms with Crippen molar-refractivity contribution in [3.8, 4) is 5.88 Å². The molecule has 414 valence electrons. The Morgan fingerprint density at radius 1 is 0.577 bits per heavy atom. The number of hydrogen-bond acceptors (Lipinski definition) is 8. The average Bonchev–Trinajstić information content (AvgIpc) is 3.85. The summed E-state index contributed by atoms with van der Waals surface area (Å²) in [6, 6.07) is 0.